The predicted molar refractivity (Wildman–Crippen MR) is 98.2 cm³/mol. The Kier molecular flexibility index (Phi) is 7.75. The van der Waals surface area contributed by atoms with Crippen molar-refractivity contribution in [3.63, 3.8) is 0 Å². The molecule has 0 saturated carbocycles. The summed E-state index contributed by atoms with van der Waals surface area (Å²) >= 11 is 0. The van der Waals surface area contributed by atoms with E-state index in [1.807, 2.05) is 43.3 Å². The van der Waals surface area contributed by atoms with Gasteiger partial charge in [0.15, 0.2) is 5.50 Å². The summed E-state index contributed by atoms with van der Waals surface area (Å²) in [6.45, 7) is 12.4. The van der Waals surface area contributed by atoms with Gasteiger partial charge in [0.05, 0.1) is 13.2 Å². The van der Waals surface area contributed by atoms with E-state index in [0.717, 1.165) is 5.56 Å². The molecule has 0 radical (unpaired) electrons. The van der Waals surface area contributed by atoms with Crippen molar-refractivity contribution in [3.8, 4) is 0 Å². The van der Waals surface area contributed by atoms with Gasteiger partial charge in [0.2, 0.25) is 8.32 Å². The van der Waals surface area contributed by atoms with Crippen molar-refractivity contribution in [2.75, 3.05) is 13.2 Å². The molecule has 1 unspecified atom stereocenters. The van der Waals surface area contributed by atoms with E-state index >= 15 is 0 Å². The van der Waals surface area contributed by atoms with Crippen molar-refractivity contribution in [1.29, 1.82) is 0 Å². The summed E-state index contributed by atoms with van der Waals surface area (Å²) in [5, 5.41) is 0. The van der Waals surface area contributed by atoms with Gasteiger partial charge < -0.3 is 13.5 Å². The highest BCUT2D eigenvalue weighted by atomic mass is 31.2. The average Bonchev–Trinajstić information content (AvgIpc) is 2.46. The van der Waals surface area contributed by atoms with Gasteiger partial charge in [-0.05, 0) is 45.1 Å². The molecule has 0 aliphatic heterocycles. The van der Waals surface area contributed by atoms with E-state index in [1.54, 1.807) is 13.8 Å². The maximum absolute atomic E-state index is 13.1. The maximum Gasteiger partial charge on any atom is 0.393 e. The SMILES string of the molecule is CCOP(=O)(OCC)/C(=C/C(C)c1ccccc1)O[Si](C)(C)C. The van der Waals surface area contributed by atoms with Gasteiger partial charge in [-0.25, -0.2) is 0 Å². The lowest BCUT2D eigenvalue weighted by molar-refractivity contribution is 0.212. The zero-order valence-electron chi connectivity index (χ0n) is 15.0. The average molecular weight is 356 g/mol. The molecule has 0 aliphatic rings. The van der Waals surface area contributed by atoms with E-state index < -0.39 is 15.9 Å². The Morgan fingerprint density at radius 3 is 2.09 bits per heavy atom. The van der Waals surface area contributed by atoms with Crippen LogP contribution in [0.4, 0.5) is 0 Å². The van der Waals surface area contributed by atoms with Crippen LogP contribution in [-0.4, -0.2) is 21.5 Å². The largest absolute Gasteiger partial charge is 0.539 e. The highest BCUT2D eigenvalue weighted by Gasteiger charge is 2.35. The zero-order chi connectivity index (χ0) is 17.5. The lowest BCUT2D eigenvalue weighted by Crippen LogP contribution is -2.25. The molecule has 0 spiro atoms. The maximum atomic E-state index is 13.1. The molecule has 4 nitrogen and oxygen atoms in total. The number of hydrogen-bond donors (Lipinski definition) is 0. The van der Waals surface area contributed by atoms with Crippen LogP contribution in [0.5, 0.6) is 0 Å². The fourth-order valence-electron chi connectivity index (χ4n) is 2.07. The molecule has 130 valence electrons. The molecule has 6 heteroatoms. The molecular formula is C17H29O4PSi. The first kappa shape index (κ1) is 20.2. The van der Waals surface area contributed by atoms with Gasteiger partial charge in [-0.2, -0.15) is 0 Å². The highest BCUT2D eigenvalue weighted by Crippen LogP contribution is 2.57. The molecule has 0 bridgehead atoms. The summed E-state index contributed by atoms with van der Waals surface area (Å²) < 4.78 is 30.2. The molecule has 0 amide bonds. The second-order valence-corrected chi connectivity index (χ2v) is 12.6. The van der Waals surface area contributed by atoms with Gasteiger partial charge in [0.1, 0.15) is 0 Å². The molecule has 0 saturated heterocycles. The van der Waals surface area contributed by atoms with E-state index in [1.165, 1.54) is 0 Å². The molecule has 0 heterocycles. The van der Waals surface area contributed by atoms with E-state index in [4.69, 9.17) is 13.5 Å². The van der Waals surface area contributed by atoms with Gasteiger partial charge in [-0.1, -0.05) is 37.3 Å². The molecule has 23 heavy (non-hydrogen) atoms. The topological polar surface area (TPSA) is 44.8 Å². The van der Waals surface area contributed by atoms with Crippen LogP contribution < -0.4 is 0 Å². The fourth-order valence-corrected chi connectivity index (χ4v) is 5.45. The number of hydrogen-bond acceptors (Lipinski definition) is 4. The third kappa shape index (κ3) is 6.64. The van der Waals surface area contributed by atoms with Gasteiger partial charge in [-0.3, -0.25) is 4.57 Å². The van der Waals surface area contributed by atoms with Crippen LogP contribution in [0.25, 0.3) is 0 Å². The monoisotopic (exact) mass is 356 g/mol. The first-order chi connectivity index (χ1) is 10.7. The first-order valence-electron chi connectivity index (χ1n) is 8.07. The number of allylic oxidation sites excluding steroid dienone is 1. The zero-order valence-corrected chi connectivity index (χ0v) is 16.9. The second-order valence-electron chi connectivity index (χ2n) is 6.25. The van der Waals surface area contributed by atoms with Crippen molar-refractivity contribution in [3.05, 3.63) is 47.5 Å². The minimum absolute atomic E-state index is 0.0526. The van der Waals surface area contributed by atoms with Crippen molar-refractivity contribution < 1.29 is 18.0 Å². The molecule has 0 aromatic heterocycles. The molecule has 1 aromatic rings. The Morgan fingerprint density at radius 1 is 1.13 bits per heavy atom. The molecule has 1 rings (SSSR count). The first-order valence-corrected chi connectivity index (χ1v) is 13.0. The third-order valence-electron chi connectivity index (χ3n) is 3.00. The molecular weight excluding hydrogens is 327 g/mol. The molecule has 0 fully saturated rings. The minimum atomic E-state index is -3.43. The van der Waals surface area contributed by atoms with E-state index in [9.17, 15) is 4.57 Å². The van der Waals surface area contributed by atoms with Crippen molar-refractivity contribution in [2.45, 2.75) is 46.3 Å². The summed E-state index contributed by atoms with van der Waals surface area (Å²) in [6, 6.07) is 10.0. The molecule has 1 aromatic carbocycles. The van der Waals surface area contributed by atoms with Crippen molar-refractivity contribution in [1.82, 2.24) is 0 Å². The third-order valence-corrected chi connectivity index (χ3v) is 5.98. The highest BCUT2D eigenvalue weighted by molar-refractivity contribution is 7.58. The second kappa shape index (κ2) is 8.83. The summed E-state index contributed by atoms with van der Waals surface area (Å²) in [7, 11) is -5.38. The summed E-state index contributed by atoms with van der Waals surface area (Å²) in [6.07, 6.45) is 1.87. The van der Waals surface area contributed by atoms with E-state index in [-0.39, 0.29) is 5.92 Å². The van der Waals surface area contributed by atoms with Crippen LogP contribution in [0.15, 0.2) is 41.9 Å². The van der Waals surface area contributed by atoms with Crippen LogP contribution in [0.2, 0.25) is 19.6 Å². The Labute approximate surface area is 141 Å². The Morgan fingerprint density at radius 2 is 1.65 bits per heavy atom. The quantitative estimate of drug-likeness (QED) is 0.321. The summed E-state index contributed by atoms with van der Waals surface area (Å²) in [5.41, 5.74) is 1.47. The Hall–Kier alpha value is -0.873. The van der Waals surface area contributed by atoms with Crippen LogP contribution >= 0.6 is 7.60 Å². The van der Waals surface area contributed by atoms with Crippen LogP contribution in [0, 0.1) is 0 Å². The van der Waals surface area contributed by atoms with Gasteiger partial charge in [-0.15, -0.1) is 0 Å². The van der Waals surface area contributed by atoms with Crippen LogP contribution in [0.3, 0.4) is 0 Å². The molecule has 0 aliphatic carbocycles. The molecule has 0 N–H and O–H groups in total. The lowest BCUT2D eigenvalue weighted by Gasteiger charge is -2.27. The number of rotatable bonds is 9. The minimum Gasteiger partial charge on any atom is -0.539 e. The van der Waals surface area contributed by atoms with Crippen LogP contribution in [0.1, 0.15) is 32.3 Å². The number of benzene rings is 1. The van der Waals surface area contributed by atoms with E-state index in [2.05, 4.69) is 19.6 Å². The standard InChI is InChI=1S/C17H29O4PSi/c1-7-19-22(18,20-8-2)17(21-23(4,5)6)14-15(3)16-12-10-9-11-13-16/h9-15H,7-8H2,1-6H3/b17-14+. The van der Waals surface area contributed by atoms with E-state index in [0.29, 0.717) is 18.7 Å². The normalized spacial score (nSPS) is 14.6. The lowest BCUT2D eigenvalue weighted by atomic mass is 10.0. The van der Waals surface area contributed by atoms with Crippen molar-refractivity contribution in [2.24, 2.45) is 0 Å². The van der Waals surface area contributed by atoms with Gasteiger partial charge in [0, 0.05) is 5.92 Å². The van der Waals surface area contributed by atoms with Crippen molar-refractivity contribution >= 4 is 15.9 Å². The molecule has 1 atom stereocenters. The van der Waals surface area contributed by atoms with Crippen LogP contribution in [-0.2, 0) is 18.0 Å². The Balaban J connectivity index is 3.22. The van der Waals surface area contributed by atoms with Gasteiger partial charge in [0.25, 0.3) is 0 Å². The fraction of sp³-hybridized carbons (Fsp3) is 0.529. The summed E-state index contributed by atoms with van der Waals surface area (Å²) in [4.78, 5) is 0. The summed E-state index contributed by atoms with van der Waals surface area (Å²) in [5.74, 6) is 0.0526. The predicted octanol–water partition coefficient (Wildman–Crippen LogP) is 5.75. The Bertz CT molecular complexity index is 541. The smallest absolute Gasteiger partial charge is 0.393 e. The van der Waals surface area contributed by atoms with Gasteiger partial charge >= 0.3 is 7.60 Å².